The predicted octanol–water partition coefficient (Wildman–Crippen LogP) is 4.13. The van der Waals surface area contributed by atoms with Gasteiger partial charge >= 0.3 is 0 Å². The Labute approximate surface area is 124 Å². The fourth-order valence-corrected chi connectivity index (χ4v) is 5.25. The Kier molecular flexibility index (Phi) is 3.25. The lowest BCUT2D eigenvalue weighted by atomic mass is 9.87. The largest absolute Gasteiger partial charge is 0.352 e. The summed E-state index contributed by atoms with van der Waals surface area (Å²) in [4.78, 5) is 0. The van der Waals surface area contributed by atoms with Gasteiger partial charge in [-0.15, -0.1) is 0 Å². The first-order chi connectivity index (χ1) is 8.65. The van der Waals surface area contributed by atoms with E-state index in [1.165, 1.54) is 14.5 Å². The van der Waals surface area contributed by atoms with E-state index in [4.69, 9.17) is 9.47 Å². The number of fused-ring (bicyclic) bond motifs is 2. The molecule has 0 heterocycles. The average molecular weight is 375 g/mol. The van der Waals surface area contributed by atoms with E-state index in [0.717, 1.165) is 6.42 Å². The third-order valence-electron chi connectivity index (χ3n) is 4.37. The summed E-state index contributed by atoms with van der Waals surface area (Å²) in [5.41, 5.74) is 1.37. The number of rotatable bonds is 3. The van der Waals surface area contributed by atoms with Crippen LogP contribution in [0.15, 0.2) is 33.2 Å². The summed E-state index contributed by atoms with van der Waals surface area (Å²) in [5.74, 6) is 0.432. The molecule has 0 radical (unpaired) electrons. The topological polar surface area (TPSA) is 18.5 Å². The molecule has 4 heteroatoms. The first-order valence-electron chi connectivity index (χ1n) is 6.02. The molecule has 2 nitrogen and oxygen atoms in total. The van der Waals surface area contributed by atoms with Gasteiger partial charge in [-0.25, -0.2) is 12.1 Å². The number of halogens is 2. The molecule has 2 aliphatic rings. The zero-order chi connectivity index (χ0) is 12.9. The summed E-state index contributed by atoms with van der Waals surface area (Å²) < 4.78 is 13.9. The molecule has 3 rings (SSSR count). The van der Waals surface area contributed by atoms with E-state index in [0.29, 0.717) is 5.92 Å². The number of hydrogen-bond acceptors (Lipinski definition) is 2. The van der Waals surface area contributed by atoms with Crippen molar-refractivity contribution in [3.8, 4) is 0 Å². The van der Waals surface area contributed by atoms with Crippen LogP contribution in [0, 0.1) is 11.8 Å². The van der Waals surface area contributed by atoms with Crippen molar-refractivity contribution in [1.29, 1.82) is 0 Å². The van der Waals surface area contributed by atoms with Gasteiger partial charge in [0.15, 0.2) is 5.79 Å². The highest BCUT2D eigenvalue weighted by atomic mass is 79.9. The van der Waals surface area contributed by atoms with Crippen molar-refractivity contribution in [2.45, 2.75) is 18.1 Å². The Hall–Kier alpha value is -0.0300. The maximum atomic E-state index is 5.78. The molecule has 0 spiro atoms. The first kappa shape index (κ1) is 13.0. The van der Waals surface area contributed by atoms with Crippen LogP contribution in [-0.4, -0.2) is 20.0 Å². The van der Waals surface area contributed by atoms with Gasteiger partial charge in [-0.1, -0.05) is 31.9 Å². The van der Waals surface area contributed by atoms with Crippen LogP contribution < -0.4 is 0 Å². The molecule has 0 aliphatic heterocycles. The Morgan fingerprint density at radius 3 is 2.50 bits per heavy atom. The fourth-order valence-electron chi connectivity index (χ4n) is 3.59. The third-order valence-corrected chi connectivity index (χ3v) is 6.81. The Balaban J connectivity index is 2.06. The molecule has 0 N–H and O–H groups in total. The highest BCUT2D eigenvalue weighted by molar-refractivity contribution is 9.14. The standard InChI is InChI=1S/C14H15Br2O2/c1-17-14(18-2)10-7-9(8-5-3-4-6-8)11(14)13(16)12(10)15/h3-6,9-11H,7H2,1-2H3/q-1. The maximum absolute atomic E-state index is 5.78. The van der Waals surface area contributed by atoms with Crippen LogP contribution in [0.1, 0.15) is 17.9 Å². The number of hydrogen-bond donors (Lipinski definition) is 0. The summed E-state index contributed by atoms with van der Waals surface area (Å²) in [6, 6.07) is 8.57. The van der Waals surface area contributed by atoms with Gasteiger partial charge in [0.05, 0.1) is 5.92 Å². The molecule has 1 saturated carbocycles. The van der Waals surface area contributed by atoms with E-state index in [1.807, 2.05) is 0 Å². The van der Waals surface area contributed by atoms with Gasteiger partial charge in [-0.2, -0.15) is 17.7 Å². The molecule has 1 aromatic rings. The molecule has 98 valence electrons. The van der Waals surface area contributed by atoms with Crippen LogP contribution in [0.5, 0.6) is 0 Å². The maximum Gasteiger partial charge on any atom is 0.182 e. The van der Waals surface area contributed by atoms with Crippen LogP contribution in [0.25, 0.3) is 0 Å². The molecule has 2 aliphatic carbocycles. The van der Waals surface area contributed by atoms with Crippen LogP contribution >= 0.6 is 31.9 Å². The number of methoxy groups -OCH3 is 2. The minimum absolute atomic E-state index is 0.231. The SMILES string of the molecule is COC1(OC)C2CC(c3ccc[cH-]3)C1C(Br)=C2Br. The Morgan fingerprint density at radius 1 is 1.28 bits per heavy atom. The van der Waals surface area contributed by atoms with Crippen molar-refractivity contribution in [2.24, 2.45) is 11.8 Å². The zero-order valence-electron chi connectivity index (χ0n) is 10.3. The normalized spacial score (nSPS) is 33.4. The predicted molar refractivity (Wildman–Crippen MR) is 78.0 cm³/mol. The molecule has 0 aromatic heterocycles. The Morgan fingerprint density at radius 2 is 2.00 bits per heavy atom. The highest BCUT2D eigenvalue weighted by Gasteiger charge is 2.63. The second kappa shape index (κ2) is 4.51. The fraction of sp³-hybridized carbons (Fsp3) is 0.500. The van der Waals surface area contributed by atoms with Crippen LogP contribution in [0.4, 0.5) is 0 Å². The lowest BCUT2D eigenvalue weighted by molar-refractivity contribution is -0.231. The van der Waals surface area contributed by atoms with Gasteiger partial charge < -0.3 is 9.47 Å². The van der Waals surface area contributed by atoms with E-state index >= 15 is 0 Å². The first-order valence-corrected chi connectivity index (χ1v) is 7.61. The minimum Gasteiger partial charge on any atom is -0.352 e. The van der Waals surface area contributed by atoms with Crippen molar-refractivity contribution >= 4 is 31.9 Å². The van der Waals surface area contributed by atoms with E-state index in [2.05, 4.69) is 56.1 Å². The molecule has 1 aromatic carbocycles. The summed E-state index contributed by atoms with van der Waals surface area (Å²) in [7, 11) is 3.48. The number of ether oxygens (including phenoxy) is 2. The second-order valence-corrected chi connectivity index (χ2v) is 6.62. The van der Waals surface area contributed by atoms with E-state index < -0.39 is 5.79 Å². The average Bonchev–Trinajstić information content (AvgIpc) is 3.04. The van der Waals surface area contributed by atoms with Gasteiger partial charge in [0.25, 0.3) is 0 Å². The lowest BCUT2D eigenvalue weighted by Crippen LogP contribution is -2.41. The van der Waals surface area contributed by atoms with Gasteiger partial charge in [-0.05, 0) is 12.3 Å². The van der Waals surface area contributed by atoms with Gasteiger partial charge in [0, 0.05) is 29.1 Å². The molecule has 3 atom stereocenters. The van der Waals surface area contributed by atoms with E-state index in [9.17, 15) is 0 Å². The van der Waals surface area contributed by atoms with Gasteiger partial charge in [-0.3, -0.25) is 0 Å². The monoisotopic (exact) mass is 373 g/mol. The van der Waals surface area contributed by atoms with Crippen molar-refractivity contribution in [2.75, 3.05) is 14.2 Å². The molecule has 2 bridgehead atoms. The molecule has 3 unspecified atom stereocenters. The second-order valence-electron chi connectivity index (χ2n) is 4.92. The smallest absolute Gasteiger partial charge is 0.182 e. The van der Waals surface area contributed by atoms with Crippen LogP contribution in [0.2, 0.25) is 0 Å². The van der Waals surface area contributed by atoms with Crippen molar-refractivity contribution in [3.05, 3.63) is 38.8 Å². The zero-order valence-corrected chi connectivity index (χ0v) is 13.5. The molecular weight excluding hydrogens is 360 g/mol. The molecule has 18 heavy (non-hydrogen) atoms. The van der Waals surface area contributed by atoms with Crippen molar-refractivity contribution in [1.82, 2.24) is 0 Å². The molecule has 1 fully saturated rings. The van der Waals surface area contributed by atoms with E-state index in [1.54, 1.807) is 14.2 Å². The van der Waals surface area contributed by atoms with Gasteiger partial charge in [0.1, 0.15) is 0 Å². The van der Waals surface area contributed by atoms with Crippen molar-refractivity contribution in [3.63, 3.8) is 0 Å². The summed E-state index contributed by atoms with van der Waals surface area (Å²) >= 11 is 7.40. The van der Waals surface area contributed by atoms with E-state index in [-0.39, 0.29) is 11.8 Å². The van der Waals surface area contributed by atoms with Crippen molar-refractivity contribution < 1.29 is 9.47 Å². The summed E-state index contributed by atoms with van der Waals surface area (Å²) in [6.07, 6.45) is 1.06. The Bertz CT molecular complexity index is 474. The minimum atomic E-state index is -0.528. The summed E-state index contributed by atoms with van der Waals surface area (Å²) in [5, 5.41) is 0. The molecular formula is C14H15Br2O2-. The highest BCUT2D eigenvalue weighted by Crippen LogP contribution is 2.65. The van der Waals surface area contributed by atoms with Crippen LogP contribution in [-0.2, 0) is 9.47 Å². The molecule has 0 saturated heterocycles. The third kappa shape index (κ3) is 1.49. The van der Waals surface area contributed by atoms with Crippen LogP contribution in [0.3, 0.4) is 0 Å². The molecule has 0 amide bonds. The lowest BCUT2D eigenvalue weighted by Gasteiger charge is -2.33. The van der Waals surface area contributed by atoms with Gasteiger partial charge in [0.2, 0.25) is 0 Å². The summed E-state index contributed by atoms with van der Waals surface area (Å²) in [6.45, 7) is 0. The quantitative estimate of drug-likeness (QED) is 0.585.